The summed E-state index contributed by atoms with van der Waals surface area (Å²) in [5.74, 6) is 0.962. The van der Waals surface area contributed by atoms with Crippen molar-refractivity contribution < 1.29 is 4.79 Å². The van der Waals surface area contributed by atoms with E-state index in [0.717, 1.165) is 23.4 Å². The Morgan fingerprint density at radius 1 is 1.44 bits per heavy atom. The van der Waals surface area contributed by atoms with E-state index in [1.807, 2.05) is 31.2 Å². The highest BCUT2D eigenvalue weighted by Gasteiger charge is 2.06. The number of nitrogens with one attached hydrogen (secondary N) is 1. The molecule has 2 aromatic rings. The number of rotatable bonds is 5. The van der Waals surface area contributed by atoms with E-state index in [0.29, 0.717) is 19.5 Å². The number of carbonyl (C=O) groups excluding carboxylic acids is 1. The molecule has 0 aliphatic rings. The van der Waals surface area contributed by atoms with Crippen LogP contribution in [0.1, 0.15) is 12.2 Å². The molecule has 1 aromatic carbocycles. The summed E-state index contributed by atoms with van der Waals surface area (Å²) in [7, 11) is 0. The zero-order valence-electron chi connectivity index (χ0n) is 10.5. The van der Waals surface area contributed by atoms with Gasteiger partial charge < -0.3 is 15.6 Å². The predicted molar refractivity (Wildman–Crippen MR) is 71.2 cm³/mol. The first-order valence-corrected chi connectivity index (χ1v) is 6.11. The van der Waals surface area contributed by atoms with Crippen molar-refractivity contribution in [2.75, 3.05) is 13.1 Å². The zero-order valence-corrected chi connectivity index (χ0v) is 10.5. The number of para-hydroxylation sites is 2. The predicted octanol–water partition coefficient (Wildman–Crippen LogP) is 0.810. The summed E-state index contributed by atoms with van der Waals surface area (Å²) >= 11 is 0. The lowest BCUT2D eigenvalue weighted by Crippen LogP contribution is -2.28. The van der Waals surface area contributed by atoms with Crippen LogP contribution in [0, 0.1) is 6.92 Å². The third-order valence-corrected chi connectivity index (χ3v) is 2.87. The SMILES string of the molecule is Cc1nc2ccccc2n1CCNC(=O)CCN. The van der Waals surface area contributed by atoms with Gasteiger partial charge in [-0.3, -0.25) is 4.79 Å². The average molecular weight is 246 g/mol. The number of carbonyl (C=O) groups is 1. The third-order valence-electron chi connectivity index (χ3n) is 2.87. The summed E-state index contributed by atoms with van der Waals surface area (Å²) in [5, 5.41) is 2.85. The molecule has 0 aliphatic heterocycles. The van der Waals surface area contributed by atoms with Gasteiger partial charge in [0.15, 0.2) is 0 Å². The third kappa shape index (κ3) is 2.68. The Labute approximate surface area is 106 Å². The molecule has 5 nitrogen and oxygen atoms in total. The van der Waals surface area contributed by atoms with Crippen molar-refractivity contribution in [1.82, 2.24) is 14.9 Å². The first-order valence-electron chi connectivity index (χ1n) is 6.11. The van der Waals surface area contributed by atoms with Gasteiger partial charge in [-0.15, -0.1) is 0 Å². The number of nitrogens with zero attached hydrogens (tertiary/aromatic N) is 2. The lowest BCUT2D eigenvalue weighted by molar-refractivity contribution is -0.120. The van der Waals surface area contributed by atoms with E-state index >= 15 is 0 Å². The fourth-order valence-electron chi connectivity index (χ4n) is 2.00. The van der Waals surface area contributed by atoms with Crippen LogP contribution in [-0.2, 0) is 11.3 Å². The van der Waals surface area contributed by atoms with E-state index < -0.39 is 0 Å². The largest absolute Gasteiger partial charge is 0.354 e. The number of hydrogen-bond acceptors (Lipinski definition) is 3. The Morgan fingerprint density at radius 2 is 2.22 bits per heavy atom. The molecule has 96 valence electrons. The van der Waals surface area contributed by atoms with Crippen LogP contribution >= 0.6 is 0 Å². The number of hydrogen-bond donors (Lipinski definition) is 2. The molecule has 0 unspecified atom stereocenters. The van der Waals surface area contributed by atoms with Crippen LogP contribution in [0.15, 0.2) is 24.3 Å². The summed E-state index contributed by atoms with van der Waals surface area (Å²) < 4.78 is 2.11. The van der Waals surface area contributed by atoms with Gasteiger partial charge in [0.2, 0.25) is 5.91 Å². The van der Waals surface area contributed by atoms with Gasteiger partial charge in [-0.1, -0.05) is 12.1 Å². The van der Waals surface area contributed by atoms with Gasteiger partial charge in [0.1, 0.15) is 5.82 Å². The molecule has 1 aromatic heterocycles. The number of aryl methyl sites for hydroxylation is 1. The minimum Gasteiger partial charge on any atom is -0.354 e. The minimum atomic E-state index is -0.000395. The highest BCUT2D eigenvalue weighted by molar-refractivity contribution is 5.76. The monoisotopic (exact) mass is 246 g/mol. The van der Waals surface area contributed by atoms with Gasteiger partial charge in [0, 0.05) is 26.1 Å². The molecule has 0 bridgehead atoms. The normalized spacial score (nSPS) is 10.8. The Bertz CT molecular complexity index is 547. The average Bonchev–Trinajstić information content (AvgIpc) is 2.66. The van der Waals surface area contributed by atoms with Crippen molar-refractivity contribution in [3.63, 3.8) is 0 Å². The van der Waals surface area contributed by atoms with Crippen LogP contribution in [0.5, 0.6) is 0 Å². The summed E-state index contributed by atoms with van der Waals surface area (Å²) in [6, 6.07) is 8.00. The van der Waals surface area contributed by atoms with Gasteiger partial charge in [0.05, 0.1) is 11.0 Å². The van der Waals surface area contributed by atoms with Crippen molar-refractivity contribution in [2.45, 2.75) is 19.9 Å². The summed E-state index contributed by atoms with van der Waals surface area (Å²) in [5.41, 5.74) is 7.41. The highest BCUT2D eigenvalue weighted by Crippen LogP contribution is 2.14. The second-order valence-electron chi connectivity index (χ2n) is 4.19. The fraction of sp³-hybridized carbons (Fsp3) is 0.385. The first-order chi connectivity index (χ1) is 8.72. The Hall–Kier alpha value is -1.88. The van der Waals surface area contributed by atoms with Gasteiger partial charge >= 0.3 is 0 Å². The molecule has 0 atom stereocenters. The van der Waals surface area contributed by atoms with E-state index in [9.17, 15) is 4.79 Å². The van der Waals surface area contributed by atoms with Crippen LogP contribution in [-0.4, -0.2) is 28.5 Å². The zero-order chi connectivity index (χ0) is 13.0. The topological polar surface area (TPSA) is 72.9 Å². The standard InChI is InChI=1S/C13H18N4O/c1-10-16-11-4-2-3-5-12(11)17(10)9-8-15-13(18)6-7-14/h2-5H,6-9,14H2,1H3,(H,15,18). The maximum Gasteiger partial charge on any atom is 0.221 e. The van der Waals surface area contributed by atoms with Gasteiger partial charge in [-0.25, -0.2) is 4.98 Å². The molecule has 0 spiro atoms. The number of amides is 1. The van der Waals surface area contributed by atoms with Crippen LogP contribution in [0.2, 0.25) is 0 Å². The van der Waals surface area contributed by atoms with Crippen molar-refractivity contribution in [3.05, 3.63) is 30.1 Å². The highest BCUT2D eigenvalue weighted by atomic mass is 16.1. The molecule has 0 radical (unpaired) electrons. The molecule has 18 heavy (non-hydrogen) atoms. The molecule has 5 heteroatoms. The maximum atomic E-state index is 11.3. The molecule has 3 N–H and O–H groups in total. The van der Waals surface area contributed by atoms with Gasteiger partial charge in [-0.05, 0) is 19.1 Å². The molecule has 1 heterocycles. The number of fused-ring (bicyclic) bond motifs is 1. The van der Waals surface area contributed by atoms with Crippen LogP contribution < -0.4 is 11.1 Å². The Balaban J connectivity index is 2.03. The summed E-state index contributed by atoms with van der Waals surface area (Å²) in [6.45, 7) is 3.68. The van der Waals surface area contributed by atoms with Crippen LogP contribution in [0.3, 0.4) is 0 Å². The summed E-state index contributed by atoms with van der Waals surface area (Å²) in [4.78, 5) is 15.8. The second kappa shape index (κ2) is 5.64. The molecule has 0 saturated carbocycles. The van der Waals surface area contributed by atoms with Gasteiger partial charge in [0.25, 0.3) is 0 Å². The fourth-order valence-corrected chi connectivity index (χ4v) is 2.00. The maximum absolute atomic E-state index is 11.3. The number of aromatic nitrogens is 2. The van der Waals surface area contributed by atoms with Crippen molar-refractivity contribution >= 4 is 16.9 Å². The molecule has 0 aliphatic carbocycles. The quantitative estimate of drug-likeness (QED) is 0.820. The molecular formula is C13H18N4O. The molecule has 0 fully saturated rings. The number of imidazole rings is 1. The van der Waals surface area contributed by atoms with E-state index in [-0.39, 0.29) is 5.91 Å². The molecular weight excluding hydrogens is 228 g/mol. The van der Waals surface area contributed by atoms with Crippen molar-refractivity contribution in [3.8, 4) is 0 Å². The molecule has 1 amide bonds. The van der Waals surface area contributed by atoms with E-state index in [1.54, 1.807) is 0 Å². The smallest absolute Gasteiger partial charge is 0.221 e. The minimum absolute atomic E-state index is 0.000395. The van der Waals surface area contributed by atoms with Crippen LogP contribution in [0.25, 0.3) is 11.0 Å². The Morgan fingerprint density at radius 3 is 3.00 bits per heavy atom. The molecule has 2 rings (SSSR count). The Kier molecular flexibility index (Phi) is 3.94. The van der Waals surface area contributed by atoms with Gasteiger partial charge in [-0.2, -0.15) is 0 Å². The van der Waals surface area contributed by atoms with Crippen molar-refractivity contribution in [1.29, 1.82) is 0 Å². The van der Waals surface area contributed by atoms with E-state index in [1.165, 1.54) is 0 Å². The lowest BCUT2D eigenvalue weighted by atomic mass is 10.3. The van der Waals surface area contributed by atoms with E-state index in [4.69, 9.17) is 5.73 Å². The second-order valence-corrected chi connectivity index (χ2v) is 4.19. The van der Waals surface area contributed by atoms with E-state index in [2.05, 4.69) is 14.9 Å². The molecule has 0 saturated heterocycles. The number of benzene rings is 1. The van der Waals surface area contributed by atoms with Crippen molar-refractivity contribution in [2.24, 2.45) is 5.73 Å². The lowest BCUT2D eigenvalue weighted by Gasteiger charge is -2.08. The number of nitrogens with two attached hydrogens (primary N) is 1. The first kappa shape index (κ1) is 12.6. The summed E-state index contributed by atoms with van der Waals surface area (Å²) in [6.07, 6.45) is 0.379. The van der Waals surface area contributed by atoms with Crippen LogP contribution in [0.4, 0.5) is 0 Å².